The van der Waals surface area contributed by atoms with Crippen LogP contribution in [0, 0.1) is 0 Å². The van der Waals surface area contributed by atoms with Crippen LogP contribution in [-0.2, 0) is 0 Å². The van der Waals surface area contributed by atoms with Crippen molar-refractivity contribution in [3.8, 4) is 0 Å². The third-order valence-corrected chi connectivity index (χ3v) is 5.79. The maximum Gasteiger partial charge on any atom is 0.317 e. The summed E-state index contributed by atoms with van der Waals surface area (Å²) in [5, 5.41) is 5.94. The summed E-state index contributed by atoms with van der Waals surface area (Å²) in [5.41, 5.74) is 1.87. The second kappa shape index (κ2) is 10.5. The molecule has 0 aromatic heterocycles. The van der Waals surface area contributed by atoms with Crippen LogP contribution >= 0.6 is 0 Å². The Hall–Kier alpha value is -2.08. The molecule has 6 nitrogen and oxygen atoms in total. The van der Waals surface area contributed by atoms with E-state index in [9.17, 15) is 9.59 Å². The lowest BCUT2D eigenvalue weighted by Crippen LogP contribution is -2.44. The van der Waals surface area contributed by atoms with Gasteiger partial charge in [0.15, 0.2) is 0 Å². The number of benzene rings is 1. The van der Waals surface area contributed by atoms with Crippen LogP contribution in [0.5, 0.6) is 0 Å². The average molecular weight is 387 g/mol. The molecule has 2 aliphatic heterocycles. The molecule has 0 radical (unpaired) electrons. The molecule has 2 aliphatic rings. The molecule has 0 saturated carbocycles. The van der Waals surface area contributed by atoms with Crippen LogP contribution in [0.25, 0.3) is 0 Å². The maximum atomic E-state index is 12.5. The van der Waals surface area contributed by atoms with E-state index in [0.29, 0.717) is 31.1 Å². The molecule has 0 bridgehead atoms. The summed E-state index contributed by atoms with van der Waals surface area (Å²) >= 11 is 0. The number of amides is 3. The molecule has 0 spiro atoms. The topological polar surface area (TPSA) is 64.7 Å². The van der Waals surface area contributed by atoms with Crippen LogP contribution in [-0.4, -0.2) is 67.6 Å². The van der Waals surface area contributed by atoms with Crippen LogP contribution < -0.4 is 10.6 Å². The lowest BCUT2D eigenvalue weighted by molar-refractivity contribution is 0.0951. The average Bonchev–Trinajstić information content (AvgIpc) is 3.25. The van der Waals surface area contributed by atoms with Crippen LogP contribution in [0.3, 0.4) is 0 Å². The molecule has 2 saturated heterocycles. The molecule has 1 aromatic rings. The van der Waals surface area contributed by atoms with Crippen molar-refractivity contribution in [3.63, 3.8) is 0 Å². The summed E-state index contributed by atoms with van der Waals surface area (Å²) in [4.78, 5) is 29.0. The highest BCUT2D eigenvalue weighted by Gasteiger charge is 2.25. The van der Waals surface area contributed by atoms with Crippen molar-refractivity contribution in [2.45, 2.75) is 44.9 Å². The maximum absolute atomic E-state index is 12.5. The summed E-state index contributed by atoms with van der Waals surface area (Å²) in [7, 11) is 0. The van der Waals surface area contributed by atoms with Gasteiger partial charge in [0.2, 0.25) is 0 Å². The van der Waals surface area contributed by atoms with E-state index in [1.807, 2.05) is 30.0 Å². The Labute approximate surface area is 168 Å². The first-order valence-electron chi connectivity index (χ1n) is 10.8. The highest BCUT2D eigenvalue weighted by atomic mass is 16.2. The zero-order valence-corrected chi connectivity index (χ0v) is 17.1. The smallest absolute Gasteiger partial charge is 0.317 e. The first-order valence-corrected chi connectivity index (χ1v) is 10.8. The third-order valence-electron chi connectivity index (χ3n) is 5.79. The van der Waals surface area contributed by atoms with Crippen molar-refractivity contribution in [1.29, 1.82) is 0 Å². The van der Waals surface area contributed by atoms with E-state index in [0.717, 1.165) is 37.9 Å². The van der Waals surface area contributed by atoms with Gasteiger partial charge in [0.1, 0.15) is 0 Å². The van der Waals surface area contributed by atoms with Gasteiger partial charge in [-0.3, -0.25) is 4.79 Å². The number of urea groups is 1. The fourth-order valence-electron chi connectivity index (χ4n) is 4.24. The molecule has 6 heteroatoms. The van der Waals surface area contributed by atoms with Gasteiger partial charge in [-0.2, -0.15) is 0 Å². The van der Waals surface area contributed by atoms with Gasteiger partial charge in [-0.15, -0.1) is 0 Å². The summed E-state index contributed by atoms with van der Waals surface area (Å²) in [6.07, 6.45) is 5.65. The molecule has 0 aliphatic carbocycles. The minimum Gasteiger partial charge on any atom is -0.352 e. The minimum absolute atomic E-state index is 0.000312. The molecule has 3 amide bonds. The first-order chi connectivity index (χ1) is 13.7. The van der Waals surface area contributed by atoms with Gasteiger partial charge < -0.3 is 20.4 Å². The van der Waals surface area contributed by atoms with Crippen molar-refractivity contribution >= 4 is 11.9 Å². The molecule has 28 heavy (non-hydrogen) atoms. The van der Waals surface area contributed by atoms with Crippen molar-refractivity contribution in [2.75, 3.05) is 45.8 Å². The largest absolute Gasteiger partial charge is 0.352 e. The SMILES string of the molecule is CCNC(=O)N1CCC[C@@H](c2cccc(C(=O)NCCCN3CCCC3)c2)C1. The second-order valence-electron chi connectivity index (χ2n) is 7.90. The highest BCUT2D eigenvalue weighted by molar-refractivity contribution is 5.94. The number of hydrogen-bond acceptors (Lipinski definition) is 3. The number of piperidine rings is 1. The molecule has 0 unspecified atom stereocenters. The second-order valence-corrected chi connectivity index (χ2v) is 7.90. The number of hydrogen-bond donors (Lipinski definition) is 2. The van der Waals surface area contributed by atoms with Crippen LogP contribution in [0.1, 0.15) is 60.9 Å². The van der Waals surface area contributed by atoms with E-state index >= 15 is 0 Å². The van der Waals surface area contributed by atoms with E-state index in [4.69, 9.17) is 0 Å². The third kappa shape index (κ3) is 5.71. The molecule has 154 valence electrons. The van der Waals surface area contributed by atoms with E-state index < -0.39 is 0 Å². The molecule has 1 atom stereocenters. The van der Waals surface area contributed by atoms with Crippen molar-refractivity contribution in [1.82, 2.24) is 20.4 Å². The fourth-order valence-corrected chi connectivity index (χ4v) is 4.24. The van der Waals surface area contributed by atoms with E-state index in [1.54, 1.807) is 0 Å². The Morgan fingerprint density at radius 1 is 1.11 bits per heavy atom. The number of nitrogens with zero attached hydrogens (tertiary/aromatic N) is 2. The predicted molar refractivity (Wildman–Crippen MR) is 112 cm³/mol. The molecular weight excluding hydrogens is 352 g/mol. The Morgan fingerprint density at radius 3 is 2.71 bits per heavy atom. The lowest BCUT2D eigenvalue weighted by Gasteiger charge is -2.33. The van der Waals surface area contributed by atoms with Crippen LogP contribution in [0.4, 0.5) is 4.79 Å². The lowest BCUT2D eigenvalue weighted by atomic mass is 9.89. The van der Waals surface area contributed by atoms with Gasteiger partial charge in [-0.25, -0.2) is 4.79 Å². The zero-order valence-electron chi connectivity index (χ0n) is 17.1. The van der Waals surface area contributed by atoms with E-state index in [2.05, 4.69) is 21.6 Å². The predicted octanol–water partition coefficient (Wildman–Crippen LogP) is 2.81. The number of carbonyl (C=O) groups is 2. The van der Waals surface area contributed by atoms with Gasteiger partial charge in [0.05, 0.1) is 0 Å². The van der Waals surface area contributed by atoms with Gasteiger partial charge >= 0.3 is 6.03 Å². The van der Waals surface area contributed by atoms with Crippen LogP contribution in [0.15, 0.2) is 24.3 Å². The minimum atomic E-state index is -0.000312. The van der Waals surface area contributed by atoms with Gasteiger partial charge in [-0.1, -0.05) is 12.1 Å². The standard InChI is InChI=1S/C22H34N4O2/c1-2-23-22(28)26-15-6-10-20(17-26)18-8-5-9-19(16-18)21(27)24-11-7-14-25-12-3-4-13-25/h5,8-9,16,20H,2-4,6-7,10-15,17H2,1H3,(H,23,28)(H,24,27)/t20-/m1/s1. The van der Waals surface area contributed by atoms with Gasteiger partial charge in [-0.05, 0) is 76.4 Å². The summed E-state index contributed by atoms with van der Waals surface area (Å²) < 4.78 is 0. The van der Waals surface area contributed by atoms with Crippen molar-refractivity contribution in [3.05, 3.63) is 35.4 Å². The Balaban J connectivity index is 1.51. The summed E-state index contributed by atoms with van der Waals surface area (Å²) in [6, 6.07) is 7.93. The summed E-state index contributed by atoms with van der Waals surface area (Å²) in [5.74, 6) is 0.291. The van der Waals surface area contributed by atoms with E-state index in [1.165, 1.54) is 25.9 Å². The van der Waals surface area contributed by atoms with Gasteiger partial charge in [0.25, 0.3) is 5.91 Å². The number of carbonyl (C=O) groups excluding carboxylic acids is 2. The normalized spacial score (nSPS) is 20.2. The van der Waals surface area contributed by atoms with Crippen molar-refractivity contribution < 1.29 is 9.59 Å². The Bertz CT molecular complexity index is 658. The zero-order chi connectivity index (χ0) is 19.8. The number of rotatable bonds is 7. The van der Waals surface area contributed by atoms with E-state index in [-0.39, 0.29) is 11.9 Å². The fraction of sp³-hybridized carbons (Fsp3) is 0.636. The molecular formula is C22H34N4O2. The molecule has 2 N–H and O–H groups in total. The number of likely N-dealkylation sites (tertiary alicyclic amines) is 2. The highest BCUT2D eigenvalue weighted by Crippen LogP contribution is 2.27. The monoisotopic (exact) mass is 386 g/mol. The Morgan fingerprint density at radius 2 is 1.93 bits per heavy atom. The quantitative estimate of drug-likeness (QED) is 0.708. The molecule has 2 heterocycles. The van der Waals surface area contributed by atoms with Gasteiger partial charge in [0, 0.05) is 37.7 Å². The molecule has 2 fully saturated rings. The van der Waals surface area contributed by atoms with Crippen molar-refractivity contribution in [2.24, 2.45) is 0 Å². The molecule has 1 aromatic carbocycles. The summed E-state index contributed by atoms with van der Waals surface area (Å²) in [6.45, 7) is 8.29. The van der Waals surface area contributed by atoms with Crippen LogP contribution in [0.2, 0.25) is 0 Å². The first kappa shape index (κ1) is 20.6. The molecule has 3 rings (SSSR count). The Kier molecular flexibility index (Phi) is 7.71. The number of nitrogens with one attached hydrogen (secondary N) is 2.